The van der Waals surface area contributed by atoms with Crippen LogP contribution in [-0.4, -0.2) is 8.07 Å². The molecule has 0 saturated heterocycles. The first-order chi connectivity index (χ1) is 20.1. The summed E-state index contributed by atoms with van der Waals surface area (Å²) in [5.74, 6) is 0. The van der Waals surface area contributed by atoms with E-state index in [9.17, 15) is 0 Å². The summed E-state index contributed by atoms with van der Waals surface area (Å²) in [7, 11) is -1.99. The lowest BCUT2D eigenvalue weighted by molar-refractivity contribution is 1.29. The number of para-hydroxylation sites is 4. The molecule has 2 nitrogen and oxygen atoms in total. The van der Waals surface area contributed by atoms with Gasteiger partial charge in [-0.2, -0.15) is 0 Å². The second-order valence-electron chi connectivity index (χ2n) is 11.1. The number of anilines is 6. The average Bonchev–Trinajstić information content (AvgIpc) is 3.25. The highest BCUT2D eigenvalue weighted by Crippen LogP contribution is 2.40. The molecule has 1 heterocycles. The quantitative estimate of drug-likeness (QED) is 0.193. The minimum absolute atomic E-state index is 1.16. The molecule has 41 heavy (non-hydrogen) atoms. The Bertz CT molecular complexity index is 1590. The van der Waals surface area contributed by atoms with Crippen LogP contribution in [0.15, 0.2) is 158 Å². The van der Waals surface area contributed by atoms with E-state index in [4.69, 9.17) is 0 Å². The molecule has 0 aliphatic carbocycles. The Hall–Kier alpha value is -4.86. The fourth-order valence-electron chi connectivity index (χ4n) is 6.19. The molecule has 1 aliphatic heterocycles. The smallest absolute Gasteiger partial charge is 0.114 e. The van der Waals surface area contributed by atoms with Crippen LogP contribution < -0.4 is 20.2 Å². The van der Waals surface area contributed by atoms with Gasteiger partial charge in [-0.25, -0.2) is 0 Å². The third kappa shape index (κ3) is 4.45. The first-order valence-corrected chi connectivity index (χ1v) is 17.2. The zero-order valence-corrected chi connectivity index (χ0v) is 24.4. The molecule has 0 saturated carbocycles. The molecular weight excluding hydrogens is 513 g/mol. The molecular formula is C38H32N2Si. The van der Waals surface area contributed by atoms with Crippen molar-refractivity contribution in [1.82, 2.24) is 0 Å². The van der Waals surface area contributed by atoms with Crippen molar-refractivity contribution in [2.75, 3.05) is 9.80 Å². The van der Waals surface area contributed by atoms with Crippen LogP contribution in [0.2, 0.25) is 13.1 Å². The Morgan fingerprint density at radius 2 is 0.634 bits per heavy atom. The summed E-state index contributed by atoms with van der Waals surface area (Å²) in [6.07, 6.45) is 0. The van der Waals surface area contributed by atoms with Crippen LogP contribution in [0, 0.1) is 0 Å². The van der Waals surface area contributed by atoms with Gasteiger partial charge in [0.05, 0.1) is 0 Å². The second kappa shape index (κ2) is 10.3. The predicted molar refractivity (Wildman–Crippen MR) is 178 cm³/mol. The first kappa shape index (κ1) is 25.1. The monoisotopic (exact) mass is 544 g/mol. The fraction of sp³-hybridized carbons (Fsp3) is 0.0526. The van der Waals surface area contributed by atoms with E-state index in [0.717, 1.165) is 22.7 Å². The molecule has 6 aromatic carbocycles. The molecule has 0 fully saturated rings. The molecule has 0 unspecified atom stereocenters. The molecule has 0 radical (unpaired) electrons. The zero-order chi connectivity index (χ0) is 27.8. The van der Waals surface area contributed by atoms with Crippen LogP contribution in [0.4, 0.5) is 34.1 Å². The van der Waals surface area contributed by atoms with Gasteiger partial charge in [-0.15, -0.1) is 0 Å². The van der Waals surface area contributed by atoms with E-state index in [2.05, 4.69) is 181 Å². The van der Waals surface area contributed by atoms with Gasteiger partial charge in [0.25, 0.3) is 0 Å². The first-order valence-electron chi connectivity index (χ1n) is 14.2. The molecule has 0 atom stereocenters. The summed E-state index contributed by atoms with van der Waals surface area (Å²) >= 11 is 0. The molecule has 0 aromatic heterocycles. The summed E-state index contributed by atoms with van der Waals surface area (Å²) < 4.78 is 0. The van der Waals surface area contributed by atoms with Crippen molar-refractivity contribution < 1.29 is 0 Å². The van der Waals surface area contributed by atoms with E-state index in [1.807, 2.05) is 0 Å². The fourth-order valence-corrected chi connectivity index (χ4v) is 9.28. The Kier molecular flexibility index (Phi) is 6.30. The molecule has 6 aromatic rings. The van der Waals surface area contributed by atoms with Crippen molar-refractivity contribution in [1.29, 1.82) is 0 Å². The number of hydrogen-bond acceptors (Lipinski definition) is 2. The maximum absolute atomic E-state index is 2.50. The number of hydrogen-bond donors (Lipinski definition) is 0. The Morgan fingerprint density at radius 1 is 0.341 bits per heavy atom. The Balaban J connectivity index is 1.34. The maximum Gasteiger partial charge on any atom is 0.114 e. The molecule has 198 valence electrons. The van der Waals surface area contributed by atoms with Gasteiger partial charge in [-0.05, 0) is 94.3 Å². The van der Waals surface area contributed by atoms with Crippen LogP contribution in [0.5, 0.6) is 0 Å². The minimum atomic E-state index is -1.99. The number of rotatable bonds is 6. The third-order valence-electron chi connectivity index (χ3n) is 8.22. The molecule has 1 aliphatic rings. The topological polar surface area (TPSA) is 6.48 Å². The van der Waals surface area contributed by atoms with E-state index in [-0.39, 0.29) is 0 Å². The number of nitrogens with zero attached hydrogens (tertiary/aromatic N) is 2. The summed E-state index contributed by atoms with van der Waals surface area (Å²) in [6.45, 7) is 4.99. The largest absolute Gasteiger partial charge is 0.311 e. The van der Waals surface area contributed by atoms with E-state index >= 15 is 0 Å². The lowest BCUT2D eigenvalue weighted by Gasteiger charge is -2.28. The summed E-state index contributed by atoms with van der Waals surface area (Å²) in [4.78, 5) is 4.73. The van der Waals surface area contributed by atoms with Crippen molar-refractivity contribution >= 4 is 52.6 Å². The molecule has 3 heteroatoms. The molecule has 7 rings (SSSR count). The van der Waals surface area contributed by atoms with Gasteiger partial charge >= 0.3 is 0 Å². The zero-order valence-electron chi connectivity index (χ0n) is 23.4. The van der Waals surface area contributed by atoms with Gasteiger partial charge in [0, 0.05) is 34.1 Å². The normalized spacial score (nSPS) is 12.8. The highest BCUT2D eigenvalue weighted by molar-refractivity contribution is 7.04. The summed E-state index contributed by atoms with van der Waals surface area (Å²) in [6, 6.07) is 56.8. The van der Waals surface area contributed by atoms with E-state index in [1.54, 1.807) is 0 Å². The van der Waals surface area contributed by atoms with Crippen LogP contribution in [-0.2, 0) is 0 Å². The third-order valence-corrected chi connectivity index (χ3v) is 11.7. The molecule has 0 N–H and O–H groups in total. The van der Waals surface area contributed by atoms with Gasteiger partial charge in [0.1, 0.15) is 8.07 Å². The maximum atomic E-state index is 2.50. The van der Waals surface area contributed by atoms with Gasteiger partial charge in [-0.1, -0.05) is 98.0 Å². The van der Waals surface area contributed by atoms with Crippen molar-refractivity contribution in [2.24, 2.45) is 0 Å². The van der Waals surface area contributed by atoms with Crippen molar-refractivity contribution in [2.45, 2.75) is 13.1 Å². The molecule has 0 bridgehead atoms. The Labute approximate surface area is 243 Å². The summed E-state index contributed by atoms with van der Waals surface area (Å²) in [5.41, 5.74) is 9.80. The molecule has 0 spiro atoms. The highest BCUT2D eigenvalue weighted by Gasteiger charge is 2.38. The van der Waals surface area contributed by atoms with Crippen molar-refractivity contribution in [3.8, 4) is 11.1 Å². The van der Waals surface area contributed by atoms with Gasteiger partial charge in [0.2, 0.25) is 0 Å². The van der Waals surface area contributed by atoms with Crippen LogP contribution in [0.3, 0.4) is 0 Å². The van der Waals surface area contributed by atoms with Crippen LogP contribution >= 0.6 is 0 Å². The minimum Gasteiger partial charge on any atom is -0.311 e. The molecule has 0 amide bonds. The lowest BCUT2D eigenvalue weighted by Crippen LogP contribution is -2.49. The van der Waals surface area contributed by atoms with Gasteiger partial charge in [0.15, 0.2) is 0 Å². The predicted octanol–water partition coefficient (Wildman–Crippen LogP) is 9.43. The van der Waals surface area contributed by atoms with Crippen molar-refractivity contribution in [3.63, 3.8) is 0 Å². The number of fused-ring (bicyclic) bond motifs is 3. The van der Waals surface area contributed by atoms with Crippen LogP contribution in [0.25, 0.3) is 11.1 Å². The van der Waals surface area contributed by atoms with E-state index < -0.39 is 8.07 Å². The van der Waals surface area contributed by atoms with Crippen molar-refractivity contribution in [3.05, 3.63) is 158 Å². The lowest BCUT2D eigenvalue weighted by atomic mass is 10.0. The SMILES string of the molecule is C[Si]1(C)c2cc(N(c3ccccc3)c3ccccc3)ccc2-c2ccc(N(c3ccccc3)c3ccccc3)cc21. The number of benzene rings is 6. The second-order valence-corrected chi connectivity index (χ2v) is 15.4. The average molecular weight is 545 g/mol. The Morgan fingerprint density at radius 3 is 0.927 bits per heavy atom. The summed E-state index contributed by atoms with van der Waals surface area (Å²) in [5, 5.41) is 2.98. The highest BCUT2D eigenvalue weighted by atomic mass is 28.3. The van der Waals surface area contributed by atoms with E-state index in [1.165, 1.54) is 32.9 Å². The standard InChI is InChI=1S/C38H32N2Si/c1-41(2)37-27-33(39(29-15-7-3-8-16-29)30-17-9-4-10-18-30)23-25-35(37)36-26-24-34(28-38(36)41)40(31-19-11-5-12-20-31)32-21-13-6-14-22-32/h3-28H,1-2H3. The van der Waals surface area contributed by atoms with Gasteiger partial charge in [-0.3, -0.25) is 0 Å². The van der Waals surface area contributed by atoms with E-state index in [0.29, 0.717) is 0 Å². The van der Waals surface area contributed by atoms with Crippen LogP contribution in [0.1, 0.15) is 0 Å². The van der Waals surface area contributed by atoms with Gasteiger partial charge < -0.3 is 9.80 Å².